The Morgan fingerprint density at radius 2 is 1.33 bits per heavy atom. The zero-order chi connectivity index (χ0) is 8.72. The van der Waals surface area contributed by atoms with Gasteiger partial charge in [-0.15, -0.1) is 0 Å². The van der Waals surface area contributed by atoms with Crippen LogP contribution in [0.25, 0.3) is 0 Å². The van der Waals surface area contributed by atoms with Crippen LogP contribution in [0.1, 0.15) is 20.7 Å². The normalized spacial score (nSPS) is 16.8. The summed E-state index contributed by atoms with van der Waals surface area (Å²) in [5.74, 6) is -0.703. The third-order valence-electron chi connectivity index (χ3n) is 1.91. The highest BCUT2D eigenvalue weighted by Crippen LogP contribution is 2.24. The summed E-state index contributed by atoms with van der Waals surface area (Å²) in [5.41, 5.74) is 6.12. The molecule has 12 heavy (non-hydrogen) atoms. The summed E-state index contributed by atoms with van der Waals surface area (Å²) in [5, 5.41) is 0. The van der Waals surface area contributed by atoms with E-state index in [9.17, 15) is 9.59 Å². The number of rotatable bonds is 0. The van der Waals surface area contributed by atoms with Gasteiger partial charge in [0, 0.05) is 11.1 Å². The van der Waals surface area contributed by atoms with E-state index >= 15 is 0 Å². The molecule has 2 N–H and O–H groups in total. The van der Waals surface area contributed by atoms with Crippen LogP contribution < -0.4 is 5.73 Å². The van der Waals surface area contributed by atoms with Crippen molar-refractivity contribution in [1.29, 1.82) is 0 Å². The van der Waals surface area contributed by atoms with Crippen molar-refractivity contribution in [2.45, 2.75) is 0 Å². The van der Waals surface area contributed by atoms with Crippen molar-refractivity contribution >= 4 is 11.6 Å². The first kappa shape index (κ1) is 7.18. The second-order valence-corrected chi connectivity index (χ2v) is 2.62. The fraction of sp³-hybridized carbons (Fsp3) is 0. The average molecular weight is 160 g/mol. The van der Waals surface area contributed by atoms with Crippen LogP contribution in [0.3, 0.4) is 0 Å². The van der Waals surface area contributed by atoms with E-state index in [1.807, 2.05) is 0 Å². The van der Waals surface area contributed by atoms with Crippen LogP contribution in [0, 0.1) is 6.04 Å². The van der Waals surface area contributed by atoms with Gasteiger partial charge in [0.05, 0.1) is 0 Å². The molecule has 0 fully saturated rings. The van der Waals surface area contributed by atoms with Crippen molar-refractivity contribution in [3.8, 4) is 0 Å². The van der Waals surface area contributed by atoms with Crippen LogP contribution in [-0.2, 0) is 0 Å². The number of ketones is 2. The van der Waals surface area contributed by atoms with Gasteiger partial charge in [0.15, 0.2) is 17.6 Å². The summed E-state index contributed by atoms with van der Waals surface area (Å²) in [7, 11) is 0. The Morgan fingerprint density at radius 1 is 0.917 bits per heavy atom. The largest absolute Gasteiger partial charge is 0.310 e. The molecule has 0 heterocycles. The summed E-state index contributed by atoms with van der Waals surface area (Å²) in [4.78, 5) is 22.4. The molecule has 0 aromatic heterocycles. The van der Waals surface area contributed by atoms with Crippen molar-refractivity contribution in [2.75, 3.05) is 0 Å². The summed E-state index contributed by atoms with van der Waals surface area (Å²) in [6.45, 7) is 0. The second-order valence-electron chi connectivity index (χ2n) is 2.62. The van der Waals surface area contributed by atoms with Crippen LogP contribution in [0.5, 0.6) is 0 Å². The van der Waals surface area contributed by atoms with Gasteiger partial charge in [0.25, 0.3) is 0 Å². The predicted molar refractivity (Wildman–Crippen MR) is 42.5 cm³/mol. The third kappa shape index (κ3) is 0.740. The number of Topliss-reactive ketones (excluding diaryl/α,β-unsaturated/α-hetero) is 2. The highest BCUT2D eigenvalue weighted by atomic mass is 16.2. The Kier molecular flexibility index (Phi) is 1.35. The Balaban J connectivity index is 2.67. The molecule has 2 rings (SSSR count). The van der Waals surface area contributed by atoms with E-state index in [2.05, 4.69) is 0 Å². The minimum absolute atomic E-state index is 0.170. The van der Waals surface area contributed by atoms with Crippen LogP contribution >= 0.6 is 0 Å². The second kappa shape index (κ2) is 2.25. The molecule has 3 nitrogen and oxygen atoms in total. The van der Waals surface area contributed by atoms with E-state index in [0.717, 1.165) is 0 Å². The van der Waals surface area contributed by atoms with Crippen LogP contribution in [0.4, 0.5) is 0 Å². The minimum atomic E-state index is -0.351. The number of benzene rings is 1. The van der Waals surface area contributed by atoms with E-state index in [0.29, 0.717) is 11.1 Å². The van der Waals surface area contributed by atoms with E-state index in [1.165, 1.54) is 0 Å². The van der Waals surface area contributed by atoms with Crippen LogP contribution in [0.2, 0.25) is 0 Å². The van der Waals surface area contributed by atoms with Crippen molar-refractivity contribution in [3.63, 3.8) is 0 Å². The summed E-state index contributed by atoms with van der Waals surface area (Å²) in [6.07, 6.45) is 0. The molecule has 0 unspecified atom stereocenters. The third-order valence-corrected chi connectivity index (χ3v) is 1.91. The molecule has 0 bridgehead atoms. The predicted octanol–water partition coefficient (Wildman–Crippen LogP) is 0.556. The maximum absolute atomic E-state index is 11.2. The molecule has 0 aliphatic heterocycles. The molecular formula is C9H6NO2. The molecular weight excluding hydrogens is 154 g/mol. The summed E-state index contributed by atoms with van der Waals surface area (Å²) >= 11 is 0. The van der Waals surface area contributed by atoms with Gasteiger partial charge in [0.2, 0.25) is 0 Å². The van der Waals surface area contributed by atoms with Crippen LogP contribution in [-0.4, -0.2) is 11.6 Å². The van der Waals surface area contributed by atoms with Crippen molar-refractivity contribution < 1.29 is 9.59 Å². The summed E-state index contributed by atoms with van der Waals surface area (Å²) in [6, 6.07) is 6.46. The molecule has 59 valence electrons. The lowest BCUT2D eigenvalue weighted by molar-refractivity contribution is 0.0949. The standard InChI is InChI=1S/C9H6NO2/c10-7-8(11)5-3-1-2-4-6(5)9(7)12/h1-4H,10H2. The highest BCUT2D eigenvalue weighted by molar-refractivity contribution is 6.35. The molecule has 1 aliphatic rings. The fourth-order valence-electron chi connectivity index (χ4n) is 1.27. The van der Waals surface area contributed by atoms with Crippen molar-refractivity contribution in [1.82, 2.24) is 0 Å². The molecule has 0 atom stereocenters. The zero-order valence-corrected chi connectivity index (χ0v) is 6.20. The van der Waals surface area contributed by atoms with E-state index in [1.54, 1.807) is 24.3 Å². The van der Waals surface area contributed by atoms with Crippen LogP contribution in [0.15, 0.2) is 24.3 Å². The molecule has 1 aromatic carbocycles. The minimum Gasteiger partial charge on any atom is -0.310 e. The van der Waals surface area contributed by atoms with Crippen molar-refractivity contribution in [2.24, 2.45) is 5.73 Å². The van der Waals surface area contributed by atoms with Gasteiger partial charge in [-0.25, -0.2) is 0 Å². The number of fused-ring (bicyclic) bond motifs is 1. The quantitative estimate of drug-likeness (QED) is 0.603. The lowest BCUT2D eigenvalue weighted by atomic mass is 10.1. The first-order valence-corrected chi connectivity index (χ1v) is 3.52. The Hall–Kier alpha value is -1.48. The smallest absolute Gasteiger partial charge is 0.194 e. The van der Waals surface area contributed by atoms with E-state index < -0.39 is 0 Å². The molecule has 3 heteroatoms. The Morgan fingerprint density at radius 3 is 1.75 bits per heavy atom. The van der Waals surface area contributed by atoms with E-state index in [-0.39, 0.29) is 17.6 Å². The lowest BCUT2D eigenvalue weighted by Gasteiger charge is -1.91. The number of nitrogens with two attached hydrogens (primary N) is 1. The summed E-state index contributed by atoms with van der Waals surface area (Å²) < 4.78 is 0. The molecule has 1 aliphatic carbocycles. The Labute approximate surface area is 69.2 Å². The first-order valence-electron chi connectivity index (χ1n) is 3.52. The molecule has 0 amide bonds. The van der Waals surface area contributed by atoms with Gasteiger partial charge < -0.3 is 5.73 Å². The van der Waals surface area contributed by atoms with Gasteiger partial charge >= 0.3 is 0 Å². The topological polar surface area (TPSA) is 60.2 Å². The number of carbonyl (C=O) groups excluding carboxylic acids is 2. The highest BCUT2D eigenvalue weighted by Gasteiger charge is 2.36. The first-order chi connectivity index (χ1) is 5.72. The monoisotopic (exact) mass is 160 g/mol. The van der Waals surface area contributed by atoms with Gasteiger partial charge in [-0.05, 0) is 0 Å². The number of hydrogen-bond donors (Lipinski definition) is 1. The van der Waals surface area contributed by atoms with Gasteiger partial charge in [0.1, 0.15) is 0 Å². The zero-order valence-electron chi connectivity index (χ0n) is 6.20. The fourth-order valence-corrected chi connectivity index (χ4v) is 1.27. The molecule has 0 saturated carbocycles. The molecule has 0 saturated heterocycles. The Bertz CT molecular complexity index is 336. The molecule has 1 aromatic rings. The SMILES string of the molecule is N[C]1C(=O)c2ccccc2C1=O. The molecule has 1 radical (unpaired) electrons. The van der Waals surface area contributed by atoms with Gasteiger partial charge in [-0.2, -0.15) is 0 Å². The molecule has 0 spiro atoms. The number of carbonyl (C=O) groups is 2. The maximum atomic E-state index is 11.2. The van der Waals surface area contributed by atoms with Gasteiger partial charge in [-0.1, -0.05) is 24.3 Å². The lowest BCUT2D eigenvalue weighted by Crippen LogP contribution is -2.21. The van der Waals surface area contributed by atoms with E-state index in [4.69, 9.17) is 5.73 Å². The maximum Gasteiger partial charge on any atom is 0.194 e. The van der Waals surface area contributed by atoms with Gasteiger partial charge in [-0.3, -0.25) is 9.59 Å². The van der Waals surface area contributed by atoms with Crippen molar-refractivity contribution in [3.05, 3.63) is 41.4 Å². The number of hydrogen-bond acceptors (Lipinski definition) is 3. The average Bonchev–Trinajstić information content (AvgIpc) is 2.33.